The zero-order chi connectivity index (χ0) is 13.3. The Kier molecular flexibility index (Phi) is 3.24. The molecule has 1 aromatic carbocycles. The van der Waals surface area contributed by atoms with E-state index in [1.165, 1.54) is 18.3 Å². The lowest BCUT2D eigenvalue weighted by Crippen LogP contribution is -2.14. The summed E-state index contributed by atoms with van der Waals surface area (Å²) >= 11 is 1.02. The highest BCUT2D eigenvalue weighted by molar-refractivity contribution is 7.93. The van der Waals surface area contributed by atoms with Crippen LogP contribution < -0.4 is 4.72 Å². The van der Waals surface area contributed by atoms with Crippen LogP contribution in [0.2, 0.25) is 0 Å². The van der Waals surface area contributed by atoms with Crippen LogP contribution in [0.4, 0.5) is 5.13 Å². The zero-order valence-corrected chi connectivity index (χ0v) is 11.8. The number of sulfonamides is 1. The van der Waals surface area contributed by atoms with Crippen molar-refractivity contribution >= 4 is 26.7 Å². The summed E-state index contributed by atoms with van der Waals surface area (Å²) in [7, 11) is -3.56. The van der Waals surface area contributed by atoms with Gasteiger partial charge in [0.2, 0.25) is 5.13 Å². The fourth-order valence-electron chi connectivity index (χ4n) is 2.27. The summed E-state index contributed by atoms with van der Waals surface area (Å²) in [4.78, 5) is 4.13. The second-order valence-corrected chi connectivity index (χ2v) is 6.95. The molecule has 1 N–H and O–H groups in total. The van der Waals surface area contributed by atoms with Gasteiger partial charge in [0.05, 0.1) is 4.90 Å². The number of hydrogen-bond acceptors (Lipinski definition) is 5. The first-order chi connectivity index (χ1) is 9.15. The minimum Gasteiger partial charge on any atom is -0.253 e. The van der Waals surface area contributed by atoms with Crippen molar-refractivity contribution in [3.05, 3.63) is 35.7 Å². The molecule has 0 saturated heterocycles. The second-order valence-electron chi connectivity index (χ2n) is 4.49. The third kappa shape index (κ3) is 2.62. The van der Waals surface area contributed by atoms with Gasteiger partial charge in [0.1, 0.15) is 6.33 Å². The number of rotatable bonds is 3. The molecule has 0 aliphatic heterocycles. The van der Waals surface area contributed by atoms with Crippen molar-refractivity contribution in [3.8, 4) is 0 Å². The van der Waals surface area contributed by atoms with Gasteiger partial charge in [0.15, 0.2) is 0 Å². The van der Waals surface area contributed by atoms with Gasteiger partial charge in [-0.1, -0.05) is 6.07 Å². The van der Waals surface area contributed by atoms with E-state index in [9.17, 15) is 8.42 Å². The van der Waals surface area contributed by atoms with E-state index in [0.717, 1.165) is 36.4 Å². The van der Waals surface area contributed by atoms with Gasteiger partial charge >= 0.3 is 0 Å². The third-order valence-electron chi connectivity index (χ3n) is 3.21. The number of anilines is 1. The van der Waals surface area contributed by atoms with E-state index in [0.29, 0.717) is 4.90 Å². The fourth-order valence-corrected chi connectivity index (χ4v) is 3.98. The predicted octanol–water partition coefficient (Wildman–Crippen LogP) is 2.22. The van der Waals surface area contributed by atoms with Crippen LogP contribution in [0, 0.1) is 0 Å². The number of nitrogens with zero attached hydrogens (tertiary/aromatic N) is 2. The van der Waals surface area contributed by atoms with Gasteiger partial charge in [-0.05, 0) is 48.9 Å². The van der Waals surface area contributed by atoms with E-state index >= 15 is 0 Å². The summed E-state index contributed by atoms with van der Waals surface area (Å²) < 4.78 is 30.6. The minimum atomic E-state index is -3.56. The van der Waals surface area contributed by atoms with Crippen molar-refractivity contribution in [2.45, 2.75) is 30.6 Å². The van der Waals surface area contributed by atoms with E-state index in [1.807, 2.05) is 6.07 Å². The summed E-state index contributed by atoms with van der Waals surface area (Å²) in [6.45, 7) is 0. The van der Waals surface area contributed by atoms with Gasteiger partial charge in [-0.15, -0.1) is 0 Å². The minimum absolute atomic E-state index is 0.290. The van der Waals surface area contributed by atoms with Crippen LogP contribution >= 0.6 is 11.5 Å². The Bertz CT molecular complexity index is 681. The molecule has 1 aromatic heterocycles. The molecule has 19 heavy (non-hydrogen) atoms. The lowest BCUT2D eigenvalue weighted by Gasteiger charge is -2.16. The Labute approximate surface area is 115 Å². The molecule has 0 saturated carbocycles. The Balaban J connectivity index is 1.93. The summed E-state index contributed by atoms with van der Waals surface area (Å²) in [6, 6.07) is 5.36. The maximum absolute atomic E-state index is 12.2. The molecule has 0 amide bonds. The van der Waals surface area contributed by atoms with Crippen molar-refractivity contribution < 1.29 is 8.42 Å². The monoisotopic (exact) mass is 295 g/mol. The summed E-state index contributed by atoms with van der Waals surface area (Å²) in [5.41, 5.74) is 2.41. The molecule has 1 aliphatic rings. The van der Waals surface area contributed by atoms with Crippen LogP contribution in [0.3, 0.4) is 0 Å². The fraction of sp³-hybridized carbons (Fsp3) is 0.333. The maximum Gasteiger partial charge on any atom is 0.263 e. The summed E-state index contributed by atoms with van der Waals surface area (Å²) in [5, 5.41) is 0.290. The Morgan fingerprint density at radius 1 is 1.16 bits per heavy atom. The molecule has 0 atom stereocenters. The normalized spacial score (nSPS) is 14.9. The molecule has 2 aromatic rings. The second kappa shape index (κ2) is 4.90. The van der Waals surface area contributed by atoms with Gasteiger partial charge in [-0.2, -0.15) is 4.37 Å². The molecular formula is C12H13N3O2S2. The van der Waals surface area contributed by atoms with E-state index in [4.69, 9.17) is 0 Å². The molecule has 100 valence electrons. The zero-order valence-electron chi connectivity index (χ0n) is 10.2. The van der Waals surface area contributed by atoms with Crippen molar-refractivity contribution in [3.63, 3.8) is 0 Å². The first-order valence-electron chi connectivity index (χ1n) is 6.06. The molecule has 0 spiro atoms. The van der Waals surface area contributed by atoms with Gasteiger partial charge in [-0.25, -0.2) is 13.4 Å². The molecule has 0 fully saturated rings. The molecular weight excluding hydrogens is 282 g/mol. The lowest BCUT2D eigenvalue weighted by atomic mass is 9.92. The summed E-state index contributed by atoms with van der Waals surface area (Å²) in [5.74, 6) is 0. The largest absolute Gasteiger partial charge is 0.263 e. The van der Waals surface area contributed by atoms with Gasteiger partial charge in [0.25, 0.3) is 10.0 Å². The quantitative estimate of drug-likeness (QED) is 0.942. The Hall–Kier alpha value is -1.47. The Morgan fingerprint density at radius 2 is 1.95 bits per heavy atom. The van der Waals surface area contributed by atoms with Crippen LogP contribution in [0.15, 0.2) is 29.4 Å². The number of benzene rings is 1. The highest BCUT2D eigenvalue weighted by Gasteiger charge is 2.18. The van der Waals surface area contributed by atoms with E-state index in [1.54, 1.807) is 12.1 Å². The molecule has 0 radical (unpaired) electrons. The van der Waals surface area contributed by atoms with Crippen molar-refractivity contribution in [2.24, 2.45) is 0 Å². The number of hydrogen-bond donors (Lipinski definition) is 1. The third-order valence-corrected chi connectivity index (χ3v) is 5.26. The highest BCUT2D eigenvalue weighted by Crippen LogP contribution is 2.25. The van der Waals surface area contributed by atoms with Gasteiger partial charge < -0.3 is 0 Å². The van der Waals surface area contributed by atoms with Crippen LogP contribution in [-0.4, -0.2) is 17.8 Å². The predicted molar refractivity (Wildman–Crippen MR) is 73.8 cm³/mol. The highest BCUT2D eigenvalue weighted by atomic mass is 32.2. The number of aromatic nitrogens is 2. The van der Waals surface area contributed by atoms with E-state index in [-0.39, 0.29) is 5.13 Å². The smallest absolute Gasteiger partial charge is 0.253 e. The van der Waals surface area contributed by atoms with Crippen LogP contribution in [0.1, 0.15) is 24.0 Å². The van der Waals surface area contributed by atoms with Crippen LogP contribution in [0.25, 0.3) is 0 Å². The van der Waals surface area contributed by atoms with Gasteiger partial charge in [0, 0.05) is 11.5 Å². The average Bonchev–Trinajstić information content (AvgIpc) is 2.90. The number of fused-ring (bicyclic) bond motifs is 1. The van der Waals surface area contributed by atoms with Crippen LogP contribution in [-0.2, 0) is 22.9 Å². The van der Waals surface area contributed by atoms with E-state index < -0.39 is 10.0 Å². The van der Waals surface area contributed by atoms with Crippen LogP contribution in [0.5, 0.6) is 0 Å². The maximum atomic E-state index is 12.2. The lowest BCUT2D eigenvalue weighted by molar-refractivity contribution is 0.600. The topological polar surface area (TPSA) is 72.0 Å². The molecule has 5 nitrogen and oxygen atoms in total. The van der Waals surface area contributed by atoms with Crippen molar-refractivity contribution in [2.75, 3.05) is 4.72 Å². The molecule has 0 unspecified atom stereocenters. The standard InChI is InChI=1S/C12H13N3O2S2/c16-19(17,15-12-13-8-14-18-12)11-6-5-9-3-1-2-4-10(9)7-11/h5-8H,1-4H2,(H,13,14,15). The first-order valence-corrected chi connectivity index (χ1v) is 8.32. The SMILES string of the molecule is O=S(=O)(Nc1ncns1)c1ccc2c(c1)CCCC2. The first kappa shape index (κ1) is 12.6. The average molecular weight is 295 g/mol. The molecule has 1 aliphatic carbocycles. The van der Waals surface area contributed by atoms with Gasteiger partial charge in [-0.3, -0.25) is 4.72 Å². The number of nitrogens with one attached hydrogen (secondary N) is 1. The molecule has 1 heterocycles. The summed E-state index contributed by atoms with van der Waals surface area (Å²) in [6.07, 6.45) is 5.63. The Morgan fingerprint density at radius 3 is 2.68 bits per heavy atom. The van der Waals surface area contributed by atoms with Crippen molar-refractivity contribution in [1.29, 1.82) is 0 Å². The van der Waals surface area contributed by atoms with Crippen molar-refractivity contribution in [1.82, 2.24) is 9.36 Å². The molecule has 3 rings (SSSR count). The molecule has 0 bridgehead atoms. The number of aryl methyl sites for hydroxylation is 2. The molecule has 7 heteroatoms. The van der Waals surface area contributed by atoms with E-state index in [2.05, 4.69) is 14.1 Å².